The predicted molar refractivity (Wildman–Crippen MR) is 113 cm³/mol. The SMILES string of the molecule is COC1=C(c2ccncn2)[C@@]2(C)CC[C@@H]3[C@@H](C(C)C=C4CC(=O)CC[C@@]43C)[C@@H]2C1. The van der Waals surface area contributed by atoms with Crippen LogP contribution in [0.4, 0.5) is 0 Å². The maximum Gasteiger partial charge on any atom is 0.136 e. The number of aromatic nitrogens is 2. The molecule has 0 aromatic carbocycles. The van der Waals surface area contributed by atoms with Crippen molar-refractivity contribution in [1.29, 1.82) is 0 Å². The van der Waals surface area contributed by atoms with Crippen molar-refractivity contribution in [3.05, 3.63) is 41.7 Å². The Morgan fingerprint density at radius 3 is 2.72 bits per heavy atom. The largest absolute Gasteiger partial charge is 0.501 e. The highest BCUT2D eigenvalue weighted by Crippen LogP contribution is 2.68. The molecule has 154 valence electrons. The van der Waals surface area contributed by atoms with E-state index in [0.717, 1.165) is 37.1 Å². The van der Waals surface area contributed by atoms with Crippen molar-refractivity contribution < 1.29 is 9.53 Å². The van der Waals surface area contributed by atoms with E-state index >= 15 is 0 Å². The van der Waals surface area contributed by atoms with Crippen LogP contribution in [0, 0.1) is 34.5 Å². The zero-order chi connectivity index (χ0) is 20.4. The summed E-state index contributed by atoms with van der Waals surface area (Å²) in [6.45, 7) is 7.27. The van der Waals surface area contributed by atoms with Gasteiger partial charge in [0.05, 0.1) is 12.8 Å². The van der Waals surface area contributed by atoms with Gasteiger partial charge in [-0.15, -0.1) is 0 Å². The molecular formula is C25H32N2O2. The molecule has 1 unspecified atom stereocenters. The molecule has 4 aliphatic rings. The number of carbonyl (C=O) groups excluding carboxylic acids is 1. The number of fused-ring (bicyclic) bond motifs is 5. The number of carbonyl (C=O) groups is 1. The number of nitrogens with zero attached hydrogens (tertiary/aromatic N) is 2. The van der Waals surface area contributed by atoms with E-state index < -0.39 is 0 Å². The minimum absolute atomic E-state index is 0.0846. The summed E-state index contributed by atoms with van der Waals surface area (Å²) >= 11 is 0. The first-order chi connectivity index (χ1) is 13.9. The molecule has 1 aromatic rings. The number of ketones is 1. The fourth-order valence-electron chi connectivity index (χ4n) is 7.53. The molecule has 29 heavy (non-hydrogen) atoms. The molecule has 4 nitrogen and oxygen atoms in total. The predicted octanol–water partition coefficient (Wildman–Crippen LogP) is 5.22. The number of rotatable bonds is 2. The van der Waals surface area contributed by atoms with E-state index in [1.165, 1.54) is 17.6 Å². The molecule has 4 aliphatic carbocycles. The molecule has 1 aromatic heterocycles. The Labute approximate surface area is 173 Å². The summed E-state index contributed by atoms with van der Waals surface area (Å²) in [5.74, 6) is 3.88. The molecule has 0 aliphatic heterocycles. The second-order valence-corrected chi connectivity index (χ2v) is 10.2. The zero-order valence-corrected chi connectivity index (χ0v) is 18.1. The van der Waals surface area contributed by atoms with Crippen LogP contribution in [-0.4, -0.2) is 22.9 Å². The van der Waals surface area contributed by atoms with E-state index in [0.29, 0.717) is 35.9 Å². The highest BCUT2D eigenvalue weighted by Gasteiger charge is 2.60. The molecule has 4 heteroatoms. The lowest BCUT2D eigenvalue weighted by Gasteiger charge is -2.58. The van der Waals surface area contributed by atoms with Gasteiger partial charge in [-0.1, -0.05) is 32.4 Å². The molecule has 2 saturated carbocycles. The lowest BCUT2D eigenvalue weighted by atomic mass is 9.45. The van der Waals surface area contributed by atoms with Gasteiger partial charge in [0.1, 0.15) is 17.9 Å². The number of allylic oxidation sites excluding steroid dienone is 4. The van der Waals surface area contributed by atoms with Crippen molar-refractivity contribution in [3.8, 4) is 0 Å². The first-order valence-corrected chi connectivity index (χ1v) is 11.2. The first-order valence-electron chi connectivity index (χ1n) is 11.2. The first kappa shape index (κ1) is 19.0. The summed E-state index contributed by atoms with van der Waals surface area (Å²) in [4.78, 5) is 20.9. The maximum atomic E-state index is 12.2. The van der Waals surface area contributed by atoms with Gasteiger partial charge in [0.2, 0.25) is 0 Å². The minimum Gasteiger partial charge on any atom is -0.501 e. The molecule has 0 bridgehead atoms. The Morgan fingerprint density at radius 2 is 2.00 bits per heavy atom. The van der Waals surface area contributed by atoms with Crippen molar-refractivity contribution in [2.24, 2.45) is 34.5 Å². The van der Waals surface area contributed by atoms with Crippen LogP contribution in [0.2, 0.25) is 0 Å². The topological polar surface area (TPSA) is 52.1 Å². The average molecular weight is 393 g/mol. The Balaban J connectivity index is 1.57. The highest BCUT2D eigenvalue weighted by atomic mass is 16.5. The van der Waals surface area contributed by atoms with Crippen LogP contribution in [0.1, 0.15) is 65.0 Å². The van der Waals surface area contributed by atoms with E-state index in [2.05, 4.69) is 36.8 Å². The van der Waals surface area contributed by atoms with Gasteiger partial charge in [0, 0.05) is 36.4 Å². The standard InChI is InChI=1S/C25H32N2O2/c1-15-11-16-12-17(28)5-8-24(16,2)18-6-9-25(3)19(22(15)18)13-21(29-4)23(25)20-7-10-26-14-27-20/h7,10-11,14-15,18-19,22H,5-6,8-9,12-13H2,1-4H3/t15?,18-,19+,22-,24+,25+/m1/s1. The minimum atomic E-state index is 0.0846. The monoisotopic (exact) mass is 392 g/mol. The Morgan fingerprint density at radius 1 is 1.17 bits per heavy atom. The third kappa shape index (κ3) is 2.60. The van der Waals surface area contributed by atoms with Gasteiger partial charge >= 0.3 is 0 Å². The molecule has 1 heterocycles. The van der Waals surface area contributed by atoms with Gasteiger partial charge < -0.3 is 4.74 Å². The molecular weight excluding hydrogens is 360 g/mol. The molecule has 2 fully saturated rings. The van der Waals surface area contributed by atoms with Gasteiger partial charge in [-0.05, 0) is 54.4 Å². The van der Waals surface area contributed by atoms with Crippen molar-refractivity contribution in [2.75, 3.05) is 7.11 Å². The van der Waals surface area contributed by atoms with Crippen molar-refractivity contribution in [2.45, 2.75) is 59.3 Å². The quantitative estimate of drug-likeness (QED) is 0.647. The molecule has 0 saturated heterocycles. The normalized spacial score (nSPS) is 41.4. The highest BCUT2D eigenvalue weighted by molar-refractivity contribution is 5.82. The average Bonchev–Trinajstić information content (AvgIpc) is 3.02. The third-order valence-electron chi connectivity index (χ3n) is 9.00. The van der Waals surface area contributed by atoms with Crippen molar-refractivity contribution in [1.82, 2.24) is 9.97 Å². The number of hydrogen-bond acceptors (Lipinski definition) is 4. The smallest absolute Gasteiger partial charge is 0.136 e. The maximum absolute atomic E-state index is 12.2. The number of ether oxygens (including phenoxy) is 1. The summed E-state index contributed by atoms with van der Waals surface area (Å²) in [6, 6.07) is 2.03. The molecule has 0 amide bonds. The van der Waals surface area contributed by atoms with Gasteiger partial charge in [-0.2, -0.15) is 0 Å². The van der Waals surface area contributed by atoms with Crippen molar-refractivity contribution >= 4 is 11.4 Å². The van der Waals surface area contributed by atoms with E-state index in [4.69, 9.17) is 4.74 Å². The van der Waals surface area contributed by atoms with E-state index in [1.807, 2.05) is 19.4 Å². The molecule has 0 spiro atoms. The molecule has 5 rings (SSSR count). The van der Waals surface area contributed by atoms with Crippen LogP contribution < -0.4 is 0 Å². The second kappa shape index (κ2) is 6.52. The molecule has 0 N–H and O–H groups in total. The van der Waals surface area contributed by atoms with Crippen LogP contribution >= 0.6 is 0 Å². The van der Waals surface area contributed by atoms with E-state index in [9.17, 15) is 4.79 Å². The van der Waals surface area contributed by atoms with E-state index in [-0.39, 0.29) is 10.8 Å². The van der Waals surface area contributed by atoms with Crippen LogP contribution in [0.3, 0.4) is 0 Å². The van der Waals surface area contributed by atoms with Crippen molar-refractivity contribution in [3.63, 3.8) is 0 Å². The van der Waals surface area contributed by atoms with Crippen LogP contribution in [0.25, 0.3) is 5.57 Å². The summed E-state index contributed by atoms with van der Waals surface area (Å²) in [6.07, 6.45) is 11.8. The van der Waals surface area contributed by atoms with Crippen LogP contribution in [0.5, 0.6) is 0 Å². The molecule has 0 radical (unpaired) electrons. The molecule has 6 atom stereocenters. The van der Waals surface area contributed by atoms with Crippen LogP contribution in [-0.2, 0) is 9.53 Å². The van der Waals surface area contributed by atoms with Gasteiger partial charge in [0.15, 0.2) is 0 Å². The summed E-state index contributed by atoms with van der Waals surface area (Å²) in [5, 5.41) is 0. The lowest BCUT2D eigenvalue weighted by Crippen LogP contribution is -2.51. The van der Waals surface area contributed by atoms with Gasteiger partial charge in [-0.25, -0.2) is 9.97 Å². The fourth-order valence-corrected chi connectivity index (χ4v) is 7.53. The third-order valence-corrected chi connectivity index (χ3v) is 9.00. The van der Waals surface area contributed by atoms with Gasteiger partial charge in [-0.3, -0.25) is 4.79 Å². The summed E-state index contributed by atoms with van der Waals surface area (Å²) < 4.78 is 5.96. The Hall–Kier alpha value is -1.97. The lowest BCUT2D eigenvalue weighted by molar-refractivity contribution is -0.122. The number of Topliss-reactive ketones (excluding diaryl/α,β-unsaturated/α-hetero) is 1. The van der Waals surface area contributed by atoms with Crippen LogP contribution in [0.15, 0.2) is 36.0 Å². The number of methoxy groups -OCH3 is 1. The second-order valence-electron chi connectivity index (χ2n) is 10.2. The zero-order valence-electron chi connectivity index (χ0n) is 18.1. The Bertz CT molecular complexity index is 905. The number of hydrogen-bond donors (Lipinski definition) is 0. The van der Waals surface area contributed by atoms with Gasteiger partial charge in [0.25, 0.3) is 0 Å². The summed E-state index contributed by atoms with van der Waals surface area (Å²) in [5.41, 5.74) is 4.03. The fraction of sp³-hybridized carbons (Fsp3) is 0.640. The summed E-state index contributed by atoms with van der Waals surface area (Å²) in [7, 11) is 1.81. The van der Waals surface area contributed by atoms with E-state index in [1.54, 1.807) is 6.33 Å². The Kier molecular flexibility index (Phi) is 4.27.